The van der Waals surface area contributed by atoms with Crippen molar-refractivity contribution >= 4 is 46.4 Å². The lowest BCUT2D eigenvalue weighted by Gasteiger charge is -2.32. The molecule has 1 aliphatic heterocycles. The highest BCUT2D eigenvalue weighted by molar-refractivity contribution is 7.80. The van der Waals surface area contributed by atoms with Crippen molar-refractivity contribution < 1.29 is 10.1 Å². The van der Waals surface area contributed by atoms with Gasteiger partial charge in [0.05, 0.1) is 0 Å². The lowest BCUT2D eigenvalue weighted by molar-refractivity contribution is -0.218. The molecule has 1 aromatic rings. The van der Waals surface area contributed by atoms with Crippen molar-refractivity contribution in [3.05, 3.63) is 81.5 Å². The SMILES string of the molecule is [C-]#[N+]C1=NN(C(=C)OO)C(=S)C1=CC1=C(Cl)C(=Cc2ccc(N(C)C)cc2)CC(C)(C)C1. The maximum absolute atomic E-state index is 8.91. The Hall–Kier alpha value is -2.92. The number of hydrogen-bond acceptors (Lipinski definition) is 5. The van der Waals surface area contributed by atoms with E-state index in [-0.39, 0.29) is 22.1 Å². The molecule has 1 aliphatic carbocycles. The summed E-state index contributed by atoms with van der Waals surface area (Å²) in [6.45, 7) is 15.4. The highest BCUT2D eigenvalue weighted by atomic mass is 35.5. The van der Waals surface area contributed by atoms with Gasteiger partial charge in [0.25, 0.3) is 5.88 Å². The van der Waals surface area contributed by atoms with Crippen LogP contribution in [0.3, 0.4) is 0 Å². The standard InChI is InChI=1S/C24H25ClN4O2S/c1-15(31-30)29-23(32)20(22(26-4)27-29)12-18-14-24(2,3)13-17(21(18)25)11-16-7-9-19(10-8-16)28(5)6/h7-12,30H,1,13-14H2,2-3,5-6H3. The van der Waals surface area contributed by atoms with E-state index in [9.17, 15) is 0 Å². The van der Waals surface area contributed by atoms with Crippen LogP contribution in [0.5, 0.6) is 0 Å². The summed E-state index contributed by atoms with van der Waals surface area (Å²) >= 11 is 12.3. The van der Waals surface area contributed by atoms with E-state index in [4.69, 9.17) is 35.6 Å². The number of halogens is 1. The van der Waals surface area contributed by atoms with Crippen LogP contribution in [0, 0.1) is 12.0 Å². The predicted octanol–water partition coefficient (Wildman–Crippen LogP) is 6.21. The number of benzene rings is 1. The molecule has 0 radical (unpaired) electrons. The predicted molar refractivity (Wildman–Crippen MR) is 134 cm³/mol. The van der Waals surface area contributed by atoms with Crippen LogP contribution in [0.15, 0.2) is 69.7 Å². The minimum Gasteiger partial charge on any atom is -0.378 e. The van der Waals surface area contributed by atoms with Crippen molar-refractivity contribution in [1.82, 2.24) is 5.01 Å². The minimum absolute atomic E-state index is 0.0344. The van der Waals surface area contributed by atoms with Crippen LogP contribution in [0.1, 0.15) is 32.3 Å². The lowest BCUT2D eigenvalue weighted by atomic mass is 9.74. The number of anilines is 1. The van der Waals surface area contributed by atoms with Crippen molar-refractivity contribution in [2.75, 3.05) is 19.0 Å². The Balaban J connectivity index is 2.03. The van der Waals surface area contributed by atoms with Gasteiger partial charge in [-0.25, -0.2) is 5.26 Å². The smallest absolute Gasteiger partial charge is 0.304 e. The second kappa shape index (κ2) is 9.29. The third kappa shape index (κ3) is 4.94. The second-order valence-corrected chi connectivity index (χ2v) is 9.47. The first kappa shape index (κ1) is 23.7. The summed E-state index contributed by atoms with van der Waals surface area (Å²) < 4.78 is 0. The van der Waals surface area contributed by atoms with Crippen molar-refractivity contribution in [3.63, 3.8) is 0 Å². The van der Waals surface area contributed by atoms with E-state index in [1.807, 2.05) is 20.2 Å². The van der Waals surface area contributed by atoms with Crippen molar-refractivity contribution in [2.45, 2.75) is 26.7 Å². The van der Waals surface area contributed by atoms with Gasteiger partial charge >= 0.3 is 5.84 Å². The molecule has 0 saturated carbocycles. The third-order valence-corrected chi connectivity index (χ3v) is 6.16. The molecule has 0 spiro atoms. The van der Waals surface area contributed by atoms with E-state index >= 15 is 0 Å². The van der Waals surface area contributed by atoms with Crippen LogP contribution in [-0.2, 0) is 4.89 Å². The topological polar surface area (TPSA) is 52.7 Å². The molecule has 166 valence electrons. The van der Waals surface area contributed by atoms with Crippen LogP contribution in [-0.4, -0.2) is 35.2 Å². The molecular formula is C24H25ClN4O2S. The molecule has 0 unspecified atom stereocenters. The van der Waals surface area contributed by atoms with Crippen molar-refractivity contribution in [1.29, 1.82) is 0 Å². The molecule has 6 nitrogen and oxygen atoms in total. The van der Waals surface area contributed by atoms with Crippen LogP contribution in [0.25, 0.3) is 10.9 Å². The molecule has 1 heterocycles. The number of rotatable bonds is 5. The highest BCUT2D eigenvalue weighted by Crippen LogP contribution is 2.45. The Labute approximate surface area is 199 Å². The highest BCUT2D eigenvalue weighted by Gasteiger charge is 2.35. The first-order valence-corrected chi connectivity index (χ1v) is 10.7. The van der Waals surface area contributed by atoms with Gasteiger partial charge in [0.2, 0.25) is 0 Å². The largest absolute Gasteiger partial charge is 0.378 e. The molecule has 32 heavy (non-hydrogen) atoms. The quantitative estimate of drug-likeness (QED) is 0.139. The Bertz CT molecular complexity index is 1120. The zero-order valence-electron chi connectivity index (χ0n) is 18.5. The molecule has 1 N–H and O–H groups in total. The van der Waals surface area contributed by atoms with Crippen molar-refractivity contribution in [3.8, 4) is 0 Å². The van der Waals surface area contributed by atoms with Gasteiger partial charge in [-0.3, -0.25) is 0 Å². The van der Waals surface area contributed by atoms with Gasteiger partial charge in [0.1, 0.15) is 0 Å². The fraction of sp³-hybridized carbons (Fsp3) is 0.292. The number of amidine groups is 1. The van der Waals surface area contributed by atoms with Gasteiger partial charge in [-0.05, 0) is 58.8 Å². The molecular weight excluding hydrogens is 444 g/mol. The van der Waals surface area contributed by atoms with Crippen LogP contribution in [0.2, 0.25) is 0 Å². The van der Waals surface area contributed by atoms with Crippen LogP contribution in [0.4, 0.5) is 5.69 Å². The molecule has 0 saturated heterocycles. The molecule has 3 rings (SSSR count). The summed E-state index contributed by atoms with van der Waals surface area (Å²) in [5.41, 5.74) is 4.52. The van der Waals surface area contributed by atoms with Gasteiger partial charge in [0.15, 0.2) is 4.99 Å². The molecule has 0 fully saturated rings. The average Bonchev–Trinajstić information content (AvgIpc) is 3.06. The van der Waals surface area contributed by atoms with E-state index in [1.54, 1.807) is 0 Å². The molecule has 0 amide bonds. The first-order chi connectivity index (χ1) is 15.1. The molecule has 8 heteroatoms. The van der Waals surface area contributed by atoms with Gasteiger partial charge in [0, 0.05) is 30.4 Å². The van der Waals surface area contributed by atoms with Gasteiger partial charge in [-0.15, -0.1) is 5.01 Å². The number of thiocarbonyl (C=S) groups is 1. The van der Waals surface area contributed by atoms with Crippen LogP contribution >= 0.6 is 23.8 Å². The maximum Gasteiger partial charge on any atom is 0.304 e. The number of hydrazone groups is 1. The molecule has 1 aromatic carbocycles. The summed E-state index contributed by atoms with van der Waals surface area (Å²) in [4.78, 5) is 9.89. The number of hydrogen-bond donors (Lipinski definition) is 1. The Morgan fingerprint density at radius 3 is 2.53 bits per heavy atom. The summed E-state index contributed by atoms with van der Waals surface area (Å²) in [6.07, 6.45) is 5.46. The fourth-order valence-electron chi connectivity index (χ4n) is 3.75. The van der Waals surface area contributed by atoms with E-state index in [0.717, 1.165) is 40.2 Å². The average molecular weight is 469 g/mol. The molecule has 2 aliphatic rings. The number of allylic oxidation sites excluding steroid dienone is 4. The fourth-order valence-corrected chi connectivity index (χ4v) is 4.28. The van der Waals surface area contributed by atoms with Gasteiger partial charge in [-0.2, -0.15) is 0 Å². The summed E-state index contributed by atoms with van der Waals surface area (Å²) in [5.74, 6) is -0.0799. The third-order valence-electron chi connectivity index (χ3n) is 5.28. The zero-order chi connectivity index (χ0) is 23.6. The van der Waals surface area contributed by atoms with Crippen molar-refractivity contribution in [2.24, 2.45) is 10.5 Å². The maximum atomic E-state index is 8.91. The van der Waals surface area contributed by atoms with E-state index in [1.165, 1.54) is 0 Å². The lowest BCUT2D eigenvalue weighted by Crippen LogP contribution is -2.21. The summed E-state index contributed by atoms with van der Waals surface area (Å²) in [6, 6.07) is 8.28. The monoisotopic (exact) mass is 468 g/mol. The number of nitrogens with zero attached hydrogens (tertiary/aromatic N) is 4. The zero-order valence-corrected chi connectivity index (χ0v) is 20.1. The van der Waals surface area contributed by atoms with E-state index in [2.05, 4.69) is 70.5 Å². The van der Waals surface area contributed by atoms with Gasteiger partial charge in [-0.1, -0.05) is 68.5 Å². The van der Waals surface area contributed by atoms with E-state index < -0.39 is 0 Å². The first-order valence-electron chi connectivity index (χ1n) is 9.96. The van der Waals surface area contributed by atoms with E-state index in [0.29, 0.717) is 10.6 Å². The molecule has 0 bridgehead atoms. The molecule has 0 aromatic heterocycles. The normalized spacial score (nSPS) is 20.5. The minimum atomic E-state index is -0.176. The Kier molecular flexibility index (Phi) is 6.89. The second-order valence-electron chi connectivity index (χ2n) is 8.71. The Morgan fingerprint density at radius 2 is 1.97 bits per heavy atom. The Morgan fingerprint density at radius 1 is 1.31 bits per heavy atom. The summed E-state index contributed by atoms with van der Waals surface area (Å²) in [5, 5.41) is 14.8. The molecule has 0 atom stereocenters. The summed E-state index contributed by atoms with van der Waals surface area (Å²) in [7, 11) is 4.02. The van der Waals surface area contributed by atoms with Gasteiger partial charge < -0.3 is 14.6 Å². The van der Waals surface area contributed by atoms with Crippen LogP contribution < -0.4 is 4.90 Å².